The minimum atomic E-state index is -2.12. The van der Waals surface area contributed by atoms with Crippen LogP contribution in [0, 0.1) is 28.8 Å². The number of carbonyl (C=O) groups is 2. The Kier molecular flexibility index (Phi) is 9.26. The molecule has 0 spiro atoms. The molecule has 0 aromatic heterocycles. The van der Waals surface area contributed by atoms with Gasteiger partial charge < -0.3 is 10.2 Å². The molecule has 2 fully saturated rings. The van der Waals surface area contributed by atoms with Gasteiger partial charge in [-0.2, -0.15) is 5.26 Å². The molecule has 2 amide bonds. The van der Waals surface area contributed by atoms with Crippen LogP contribution >= 0.6 is 23.2 Å². The fourth-order valence-corrected chi connectivity index (χ4v) is 7.13. The molecule has 0 bridgehead atoms. The lowest BCUT2D eigenvalue weighted by Gasteiger charge is -2.39. The summed E-state index contributed by atoms with van der Waals surface area (Å²) in [6.07, 6.45) is 0.891. The highest BCUT2D eigenvalue weighted by Crippen LogP contribution is 2.56. The van der Waals surface area contributed by atoms with Crippen LogP contribution in [0.2, 0.25) is 10.0 Å². The molecule has 2 saturated heterocycles. The van der Waals surface area contributed by atoms with Gasteiger partial charge >= 0.3 is 0 Å². The normalized spacial score (nSPS) is 24.2. The van der Waals surface area contributed by atoms with E-state index in [-0.39, 0.29) is 45.2 Å². The number of hydrogen-bond donors (Lipinski definition) is 1. The molecule has 4 unspecified atom stereocenters. The predicted octanol–water partition coefficient (Wildman–Crippen LogP) is 6.57. The van der Waals surface area contributed by atoms with Gasteiger partial charge in [0.05, 0.1) is 11.1 Å². The third-order valence-electron chi connectivity index (χ3n) is 9.00. The summed E-state index contributed by atoms with van der Waals surface area (Å²) in [6.45, 7) is 3.83. The van der Waals surface area contributed by atoms with Crippen LogP contribution in [0.15, 0.2) is 60.7 Å². The van der Waals surface area contributed by atoms with Gasteiger partial charge in [-0.3, -0.25) is 14.5 Å². The Hall–Kier alpha value is -3.58. The van der Waals surface area contributed by atoms with Crippen LogP contribution in [0.4, 0.5) is 13.2 Å². The van der Waals surface area contributed by atoms with Gasteiger partial charge in [0.2, 0.25) is 5.91 Å². The van der Waals surface area contributed by atoms with E-state index in [1.807, 2.05) is 0 Å². The zero-order valence-corrected chi connectivity index (χ0v) is 25.7. The Morgan fingerprint density at radius 1 is 1.00 bits per heavy atom. The summed E-state index contributed by atoms with van der Waals surface area (Å²) in [5.41, 5.74) is -1.82. The van der Waals surface area contributed by atoms with Crippen LogP contribution in [-0.4, -0.2) is 52.3 Å². The molecule has 2 aliphatic rings. The molecule has 0 aliphatic carbocycles. The molecule has 1 N–H and O–H groups in total. The first-order chi connectivity index (χ1) is 21.0. The second-order valence-corrected chi connectivity index (χ2v) is 12.2. The molecule has 2 heterocycles. The molecular formula is C33H31Cl2F3N4O2. The van der Waals surface area contributed by atoms with E-state index < -0.39 is 46.8 Å². The number of likely N-dealkylation sites (tertiary alicyclic amines) is 2. The summed E-state index contributed by atoms with van der Waals surface area (Å²) in [5, 5.41) is 14.0. The predicted molar refractivity (Wildman–Crippen MR) is 161 cm³/mol. The molecular weight excluding hydrogens is 612 g/mol. The minimum Gasteiger partial charge on any atom is -0.351 e. The number of benzene rings is 3. The summed E-state index contributed by atoms with van der Waals surface area (Å²) < 4.78 is 46.7. The Labute approximate surface area is 264 Å². The summed E-state index contributed by atoms with van der Waals surface area (Å²) >= 11 is 12.3. The van der Waals surface area contributed by atoms with E-state index >= 15 is 13.2 Å². The number of carbonyl (C=O) groups excluding carboxylic acids is 2. The van der Waals surface area contributed by atoms with Crippen molar-refractivity contribution in [1.29, 1.82) is 5.26 Å². The molecule has 44 heavy (non-hydrogen) atoms. The van der Waals surface area contributed by atoms with Crippen LogP contribution in [0.5, 0.6) is 0 Å². The maximum atomic E-state index is 16.0. The van der Waals surface area contributed by atoms with E-state index in [1.54, 1.807) is 24.0 Å². The number of hydrogen-bond acceptors (Lipinski definition) is 4. The van der Waals surface area contributed by atoms with Crippen molar-refractivity contribution in [2.45, 2.75) is 62.7 Å². The van der Waals surface area contributed by atoms with Crippen molar-refractivity contribution >= 4 is 35.0 Å². The van der Waals surface area contributed by atoms with Gasteiger partial charge in [0, 0.05) is 61.1 Å². The lowest BCUT2D eigenvalue weighted by atomic mass is 9.71. The summed E-state index contributed by atoms with van der Waals surface area (Å²) in [6, 6.07) is 15.4. The third-order valence-corrected chi connectivity index (χ3v) is 9.53. The Morgan fingerprint density at radius 2 is 1.70 bits per heavy atom. The highest BCUT2D eigenvalue weighted by atomic mass is 35.5. The number of rotatable bonds is 6. The molecule has 4 atom stereocenters. The van der Waals surface area contributed by atoms with Gasteiger partial charge in [-0.15, -0.1) is 0 Å². The smallest absolute Gasteiger partial charge is 0.256 e. The van der Waals surface area contributed by atoms with Crippen molar-refractivity contribution in [2.24, 2.45) is 0 Å². The lowest BCUT2D eigenvalue weighted by molar-refractivity contribution is -0.132. The molecule has 230 valence electrons. The van der Waals surface area contributed by atoms with Gasteiger partial charge in [0.1, 0.15) is 17.5 Å². The summed E-state index contributed by atoms with van der Waals surface area (Å²) in [5.74, 6) is -5.06. The zero-order valence-electron chi connectivity index (χ0n) is 24.2. The number of piperidine rings is 1. The second kappa shape index (κ2) is 12.8. The molecule has 3 aromatic carbocycles. The van der Waals surface area contributed by atoms with Crippen LogP contribution in [-0.2, 0) is 16.1 Å². The molecule has 0 saturated carbocycles. The van der Waals surface area contributed by atoms with E-state index in [1.165, 1.54) is 54.3 Å². The van der Waals surface area contributed by atoms with E-state index in [0.29, 0.717) is 25.9 Å². The average molecular weight is 644 g/mol. The standard InChI is InChI=1S/C33H31Cl2F3N4O2/c1-19-29(24-11-10-22(34)16-28(24)37)30(25-7-5-8-26(35)31(25)38)33(18-39,42(19)17-21-6-3-4-9-27(21)36)32(44)40-23-12-14-41(15-13-23)20(2)43/h3-11,16,19,23,29-30H,12-15,17H2,1-2H3,(H,40,44). The lowest BCUT2D eigenvalue weighted by Crippen LogP contribution is -2.60. The van der Waals surface area contributed by atoms with Crippen LogP contribution in [0.25, 0.3) is 0 Å². The Bertz CT molecular complexity index is 1620. The van der Waals surface area contributed by atoms with Gasteiger partial charge in [0.25, 0.3) is 5.91 Å². The topological polar surface area (TPSA) is 76.4 Å². The van der Waals surface area contributed by atoms with Crippen LogP contribution in [0.1, 0.15) is 55.2 Å². The first kappa shape index (κ1) is 31.8. The van der Waals surface area contributed by atoms with Crippen molar-refractivity contribution in [3.63, 3.8) is 0 Å². The zero-order chi connectivity index (χ0) is 31.8. The number of nitriles is 1. The summed E-state index contributed by atoms with van der Waals surface area (Å²) in [4.78, 5) is 29.7. The second-order valence-electron chi connectivity index (χ2n) is 11.4. The van der Waals surface area contributed by atoms with E-state index in [4.69, 9.17) is 23.2 Å². The number of amides is 2. The first-order valence-electron chi connectivity index (χ1n) is 14.4. The van der Waals surface area contributed by atoms with Crippen molar-refractivity contribution in [3.8, 4) is 6.07 Å². The highest BCUT2D eigenvalue weighted by molar-refractivity contribution is 6.31. The largest absolute Gasteiger partial charge is 0.351 e. The van der Waals surface area contributed by atoms with Crippen molar-refractivity contribution < 1.29 is 22.8 Å². The quantitative estimate of drug-likeness (QED) is 0.330. The Balaban J connectivity index is 1.70. The maximum absolute atomic E-state index is 16.0. The minimum absolute atomic E-state index is 0.0390. The monoisotopic (exact) mass is 642 g/mol. The SMILES string of the molecule is CC(=O)N1CCC(NC(=O)C2(C#N)C(c3cccc(Cl)c3F)C(c3ccc(Cl)cc3F)C(C)N2Cc2ccccc2F)CC1. The van der Waals surface area contributed by atoms with Gasteiger partial charge in [-0.1, -0.05) is 59.6 Å². The van der Waals surface area contributed by atoms with Gasteiger partial charge in [-0.05, 0) is 55.2 Å². The first-order valence-corrected chi connectivity index (χ1v) is 15.1. The molecule has 5 rings (SSSR count). The highest BCUT2D eigenvalue weighted by Gasteiger charge is 2.64. The molecule has 6 nitrogen and oxygen atoms in total. The number of nitrogens with zero attached hydrogens (tertiary/aromatic N) is 3. The molecule has 2 aliphatic heterocycles. The third kappa shape index (κ3) is 5.67. The average Bonchev–Trinajstić information content (AvgIpc) is 3.23. The summed E-state index contributed by atoms with van der Waals surface area (Å²) in [7, 11) is 0. The molecule has 3 aromatic rings. The number of nitrogens with one attached hydrogen (secondary N) is 1. The molecule has 11 heteroatoms. The van der Waals surface area contributed by atoms with E-state index in [2.05, 4.69) is 11.4 Å². The van der Waals surface area contributed by atoms with Gasteiger partial charge in [-0.25, -0.2) is 13.2 Å². The van der Waals surface area contributed by atoms with E-state index in [0.717, 1.165) is 6.07 Å². The number of halogens is 5. The fourth-order valence-electron chi connectivity index (χ4n) is 6.79. The van der Waals surface area contributed by atoms with Crippen LogP contribution < -0.4 is 5.32 Å². The maximum Gasteiger partial charge on any atom is 0.256 e. The van der Waals surface area contributed by atoms with Crippen molar-refractivity contribution in [2.75, 3.05) is 13.1 Å². The van der Waals surface area contributed by atoms with Crippen molar-refractivity contribution in [1.82, 2.24) is 15.1 Å². The van der Waals surface area contributed by atoms with Crippen LogP contribution in [0.3, 0.4) is 0 Å². The Morgan fingerprint density at radius 3 is 2.34 bits per heavy atom. The molecule has 0 radical (unpaired) electrons. The van der Waals surface area contributed by atoms with Crippen molar-refractivity contribution in [3.05, 3.63) is 105 Å². The van der Waals surface area contributed by atoms with Gasteiger partial charge in [0.15, 0.2) is 5.54 Å². The fraction of sp³-hybridized carbons (Fsp3) is 0.364. The van der Waals surface area contributed by atoms with E-state index in [9.17, 15) is 14.9 Å².